The number of hydrogen-bond acceptors (Lipinski definition) is 3. The number of thioether (sulfide) groups is 1. The summed E-state index contributed by atoms with van der Waals surface area (Å²) in [6.45, 7) is 2.07. The molecule has 1 atom stereocenters. The molecule has 1 aliphatic rings. The molecule has 0 bridgehead atoms. The predicted octanol–water partition coefficient (Wildman–Crippen LogP) is 4.13. The average Bonchev–Trinajstić information content (AvgIpc) is 2.85. The van der Waals surface area contributed by atoms with Crippen LogP contribution in [0.25, 0.3) is 0 Å². The molecule has 94 valence electrons. The standard InChI is InChI=1S/C16H14N2S/c1-11-6-7-12(9-17)8-14(11)18-15-10-19-16-5-3-2-4-13(15)16/h2-8,15,18H,10H2,1H3. The third kappa shape index (κ3) is 2.32. The van der Waals surface area contributed by atoms with Crippen molar-refractivity contribution in [1.29, 1.82) is 5.26 Å². The minimum atomic E-state index is 0.328. The quantitative estimate of drug-likeness (QED) is 0.888. The zero-order valence-electron chi connectivity index (χ0n) is 10.7. The summed E-state index contributed by atoms with van der Waals surface area (Å²) in [7, 11) is 0. The van der Waals surface area contributed by atoms with E-state index >= 15 is 0 Å². The van der Waals surface area contributed by atoms with Crippen LogP contribution in [-0.4, -0.2) is 5.75 Å². The first-order chi connectivity index (χ1) is 9.28. The minimum absolute atomic E-state index is 0.328. The number of anilines is 1. The third-order valence-electron chi connectivity index (χ3n) is 3.40. The fourth-order valence-electron chi connectivity index (χ4n) is 2.32. The molecule has 0 saturated heterocycles. The van der Waals surface area contributed by atoms with Crippen molar-refractivity contribution in [3.8, 4) is 6.07 Å². The van der Waals surface area contributed by atoms with E-state index in [4.69, 9.17) is 5.26 Å². The van der Waals surface area contributed by atoms with Crippen molar-refractivity contribution in [2.75, 3.05) is 11.1 Å². The van der Waals surface area contributed by atoms with Crippen molar-refractivity contribution in [3.63, 3.8) is 0 Å². The van der Waals surface area contributed by atoms with E-state index in [-0.39, 0.29) is 0 Å². The molecule has 0 saturated carbocycles. The molecule has 0 amide bonds. The summed E-state index contributed by atoms with van der Waals surface area (Å²) in [5.41, 5.74) is 4.29. The number of nitrogens with zero attached hydrogens (tertiary/aromatic N) is 1. The van der Waals surface area contributed by atoms with Gasteiger partial charge >= 0.3 is 0 Å². The molecule has 2 aromatic carbocycles. The van der Waals surface area contributed by atoms with Gasteiger partial charge in [0.1, 0.15) is 0 Å². The maximum Gasteiger partial charge on any atom is 0.0992 e. The van der Waals surface area contributed by atoms with E-state index in [9.17, 15) is 0 Å². The molecule has 0 aliphatic carbocycles. The van der Waals surface area contributed by atoms with Crippen LogP contribution in [-0.2, 0) is 0 Å². The number of benzene rings is 2. The molecule has 3 heteroatoms. The molecule has 0 spiro atoms. The van der Waals surface area contributed by atoms with Gasteiger partial charge in [-0.05, 0) is 36.2 Å². The summed E-state index contributed by atoms with van der Waals surface area (Å²) in [4.78, 5) is 1.36. The Kier molecular flexibility index (Phi) is 3.18. The van der Waals surface area contributed by atoms with Crippen LogP contribution in [0.15, 0.2) is 47.4 Å². The summed E-state index contributed by atoms with van der Waals surface area (Å²) in [5.74, 6) is 1.04. The zero-order chi connectivity index (χ0) is 13.2. The van der Waals surface area contributed by atoms with Gasteiger partial charge in [0.2, 0.25) is 0 Å². The van der Waals surface area contributed by atoms with Crippen molar-refractivity contribution in [2.24, 2.45) is 0 Å². The van der Waals surface area contributed by atoms with Gasteiger partial charge in [-0.2, -0.15) is 5.26 Å². The first kappa shape index (κ1) is 12.1. The summed E-state index contributed by atoms with van der Waals surface area (Å²) >= 11 is 1.88. The smallest absolute Gasteiger partial charge is 0.0992 e. The normalized spacial score (nSPS) is 16.7. The van der Waals surface area contributed by atoms with Crippen molar-refractivity contribution in [3.05, 3.63) is 59.2 Å². The van der Waals surface area contributed by atoms with Crippen LogP contribution in [0.4, 0.5) is 5.69 Å². The van der Waals surface area contributed by atoms with Gasteiger partial charge in [0.05, 0.1) is 17.7 Å². The molecule has 1 unspecified atom stereocenters. The Morgan fingerprint density at radius 3 is 2.95 bits per heavy atom. The molecule has 3 rings (SSSR count). The largest absolute Gasteiger partial charge is 0.377 e. The minimum Gasteiger partial charge on any atom is -0.377 e. The molecular weight excluding hydrogens is 252 g/mol. The average molecular weight is 266 g/mol. The number of fused-ring (bicyclic) bond motifs is 1. The maximum atomic E-state index is 8.99. The van der Waals surface area contributed by atoms with Crippen LogP contribution in [0.1, 0.15) is 22.7 Å². The second-order valence-electron chi connectivity index (χ2n) is 4.69. The molecule has 0 aromatic heterocycles. The Morgan fingerprint density at radius 2 is 2.11 bits per heavy atom. The molecule has 1 heterocycles. The maximum absolute atomic E-state index is 8.99. The Morgan fingerprint density at radius 1 is 1.26 bits per heavy atom. The van der Waals surface area contributed by atoms with Gasteiger partial charge in [0.25, 0.3) is 0 Å². The van der Waals surface area contributed by atoms with Crippen LogP contribution in [0.2, 0.25) is 0 Å². The second kappa shape index (κ2) is 4.99. The predicted molar refractivity (Wildman–Crippen MR) is 79.4 cm³/mol. The highest BCUT2D eigenvalue weighted by molar-refractivity contribution is 7.99. The molecule has 1 aliphatic heterocycles. The topological polar surface area (TPSA) is 35.8 Å². The number of nitrogens with one attached hydrogen (secondary N) is 1. The molecule has 0 fully saturated rings. The lowest BCUT2D eigenvalue weighted by molar-refractivity contribution is 0.897. The highest BCUT2D eigenvalue weighted by Crippen LogP contribution is 2.39. The van der Waals surface area contributed by atoms with Crippen LogP contribution < -0.4 is 5.32 Å². The van der Waals surface area contributed by atoms with Crippen molar-refractivity contribution >= 4 is 17.4 Å². The van der Waals surface area contributed by atoms with E-state index < -0.39 is 0 Å². The fourth-order valence-corrected chi connectivity index (χ4v) is 3.48. The Balaban J connectivity index is 1.89. The molecule has 1 N–H and O–H groups in total. The van der Waals surface area contributed by atoms with E-state index in [2.05, 4.69) is 42.6 Å². The summed E-state index contributed by atoms with van der Waals surface area (Å²) in [6.07, 6.45) is 0. The van der Waals surface area contributed by atoms with Gasteiger partial charge in [-0.3, -0.25) is 0 Å². The first-order valence-electron chi connectivity index (χ1n) is 6.27. The summed E-state index contributed by atoms with van der Waals surface area (Å²) < 4.78 is 0. The molecule has 2 nitrogen and oxygen atoms in total. The Labute approximate surface area is 117 Å². The Hall–Kier alpha value is -1.92. The Bertz CT molecular complexity index is 658. The summed E-state index contributed by atoms with van der Waals surface area (Å²) in [5, 5.41) is 12.6. The van der Waals surface area contributed by atoms with E-state index in [1.54, 1.807) is 0 Å². The highest BCUT2D eigenvalue weighted by Gasteiger charge is 2.22. The van der Waals surface area contributed by atoms with Gasteiger partial charge in [-0.25, -0.2) is 0 Å². The van der Waals surface area contributed by atoms with E-state index in [0.717, 1.165) is 11.4 Å². The van der Waals surface area contributed by atoms with Gasteiger partial charge in [0.15, 0.2) is 0 Å². The number of aryl methyl sites for hydroxylation is 1. The lowest BCUT2D eigenvalue weighted by Gasteiger charge is -2.17. The third-order valence-corrected chi connectivity index (χ3v) is 4.58. The first-order valence-corrected chi connectivity index (χ1v) is 7.25. The number of nitriles is 1. The molecule has 19 heavy (non-hydrogen) atoms. The zero-order valence-corrected chi connectivity index (χ0v) is 11.5. The fraction of sp³-hybridized carbons (Fsp3) is 0.188. The monoisotopic (exact) mass is 266 g/mol. The van der Waals surface area contributed by atoms with Gasteiger partial charge in [-0.1, -0.05) is 24.3 Å². The van der Waals surface area contributed by atoms with Crippen molar-refractivity contribution < 1.29 is 0 Å². The van der Waals surface area contributed by atoms with Gasteiger partial charge < -0.3 is 5.32 Å². The molecule has 2 aromatic rings. The number of rotatable bonds is 2. The highest BCUT2D eigenvalue weighted by atomic mass is 32.2. The van der Waals surface area contributed by atoms with E-state index in [1.165, 1.54) is 16.0 Å². The molecule has 0 radical (unpaired) electrons. The second-order valence-corrected chi connectivity index (χ2v) is 5.75. The van der Waals surface area contributed by atoms with E-state index in [0.29, 0.717) is 11.6 Å². The van der Waals surface area contributed by atoms with Crippen LogP contribution in [0, 0.1) is 18.3 Å². The van der Waals surface area contributed by atoms with Crippen LogP contribution in [0.5, 0.6) is 0 Å². The van der Waals surface area contributed by atoms with Crippen LogP contribution >= 0.6 is 11.8 Å². The molecular formula is C16H14N2S. The lowest BCUT2D eigenvalue weighted by atomic mass is 10.1. The van der Waals surface area contributed by atoms with Crippen LogP contribution in [0.3, 0.4) is 0 Å². The van der Waals surface area contributed by atoms with E-state index in [1.807, 2.05) is 30.0 Å². The summed E-state index contributed by atoms with van der Waals surface area (Å²) in [6, 6.07) is 16.8. The van der Waals surface area contributed by atoms with Crippen molar-refractivity contribution in [2.45, 2.75) is 17.9 Å². The van der Waals surface area contributed by atoms with Gasteiger partial charge in [-0.15, -0.1) is 11.8 Å². The van der Waals surface area contributed by atoms with Crippen molar-refractivity contribution in [1.82, 2.24) is 0 Å². The van der Waals surface area contributed by atoms with Gasteiger partial charge in [0, 0.05) is 16.3 Å². The SMILES string of the molecule is Cc1ccc(C#N)cc1NC1CSc2ccccc21. The lowest BCUT2D eigenvalue weighted by Crippen LogP contribution is -2.10. The number of hydrogen-bond donors (Lipinski definition) is 1.